The molecule has 1 aliphatic carbocycles. The number of rotatable bonds is 0. The summed E-state index contributed by atoms with van der Waals surface area (Å²) in [5.74, 6) is 0.169. The maximum atomic E-state index is 12.5. The lowest BCUT2D eigenvalue weighted by Gasteiger charge is -2.56. The number of carbonyl (C=O) groups is 2. The average Bonchev–Trinajstić information content (AvgIpc) is 2.32. The van der Waals surface area contributed by atoms with Crippen molar-refractivity contribution in [2.45, 2.75) is 71.9 Å². The number of amides is 2. The summed E-state index contributed by atoms with van der Waals surface area (Å²) < 4.78 is 5.55. The molecule has 0 bridgehead atoms. The zero-order valence-electron chi connectivity index (χ0n) is 14.9. The molecule has 1 saturated carbocycles. The van der Waals surface area contributed by atoms with E-state index < -0.39 is 5.60 Å². The second kappa shape index (κ2) is 5.43. The third-order valence-electron chi connectivity index (χ3n) is 4.48. The predicted octanol–water partition coefficient (Wildman–Crippen LogP) is 3.03. The van der Waals surface area contributed by atoms with Crippen molar-refractivity contribution in [3.05, 3.63) is 0 Å². The van der Waals surface area contributed by atoms with Crippen LogP contribution in [-0.2, 0) is 9.53 Å². The fraction of sp³-hybridized carbons (Fsp3) is 0.882. The van der Waals surface area contributed by atoms with Gasteiger partial charge in [-0.2, -0.15) is 0 Å². The quantitative estimate of drug-likeness (QED) is 0.691. The first kappa shape index (κ1) is 17.1. The van der Waals surface area contributed by atoms with E-state index in [0.717, 1.165) is 19.3 Å². The van der Waals surface area contributed by atoms with Crippen molar-refractivity contribution < 1.29 is 14.3 Å². The molecule has 2 amide bonds. The highest BCUT2D eigenvalue weighted by atomic mass is 16.6. The van der Waals surface area contributed by atoms with Gasteiger partial charge in [0.1, 0.15) is 5.60 Å². The molecular weight excluding hydrogens is 280 g/mol. The van der Waals surface area contributed by atoms with E-state index in [0.29, 0.717) is 19.6 Å². The summed E-state index contributed by atoms with van der Waals surface area (Å²) in [5.41, 5.74) is -1.07. The molecule has 1 saturated heterocycles. The molecule has 0 aromatic rings. The smallest absolute Gasteiger partial charge is 0.410 e. The third kappa shape index (κ3) is 3.39. The fourth-order valence-electron chi connectivity index (χ4n) is 3.24. The van der Waals surface area contributed by atoms with Crippen LogP contribution in [0.1, 0.15) is 60.8 Å². The molecule has 1 heterocycles. The van der Waals surface area contributed by atoms with E-state index in [2.05, 4.69) is 0 Å². The summed E-state index contributed by atoms with van der Waals surface area (Å²) in [4.78, 5) is 28.8. The molecule has 0 unspecified atom stereocenters. The minimum atomic E-state index is -0.486. The normalized spacial score (nSPS) is 21.5. The number of ether oxygens (including phenoxy) is 1. The number of nitrogens with zero attached hydrogens (tertiary/aromatic N) is 2. The summed E-state index contributed by atoms with van der Waals surface area (Å²) >= 11 is 0. The molecule has 22 heavy (non-hydrogen) atoms. The van der Waals surface area contributed by atoms with Gasteiger partial charge in [-0.1, -0.05) is 20.8 Å². The maximum absolute atomic E-state index is 12.5. The zero-order chi connectivity index (χ0) is 16.8. The van der Waals surface area contributed by atoms with Gasteiger partial charge in [-0.3, -0.25) is 9.69 Å². The average molecular weight is 310 g/mol. The third-order valence-corrected chi connectivity index (χ3v) is 4.48. The minimum absolute atomic E-state index is 0.169. The molecule has 0 radical (unpaired) electrons. The zero-order valence-corrected chi connectivity index (χ0v) is 14.9. The maximum Gasteiger partial charge on any atom is 0.410 e. The Kier molecular flexibility index (Phi) is 4.22. The molecule has 2 fully saturated rings. The molecule has 0 aromatic heterocycles. The number of hydrogen-bond acceptors (Lipinski definition) is 3. The van der Waals surface area contributed by atoms with Crippen LogP contribution in [0.2, 0.25) is 0 Å². The monoisotopic (exact) mass is 310 g/mol. The molecule has 2 aliphatic rings. The highest BCUT2D eigenvalue weighted by Crippen LogP contribution is 2.41. The number of carbonyl (C=O) groups excluding carboxylic acids is 2. The largest absolute Gasteiger partial charge is 0.444 e. The van der Waals surface area contributed by atoms with Crippen molar-refractivity contribution in [1.82, 2.24) is 9.80 Å². The molecule has 1 aliphatic heterocycles. The Morgan fingerprint density at radius 2 is 1.59 bits per heavy atom. The van der Waals surface area contributed by atoms with Crippen molar-refractivity contribution in [3.8, 4) is 0 Å². The summed E-state index contributed by atoms with van der Waals surface area (Å²) in [5, 5.41) is 0. The second-order valence-electron chi connectivity index (χ2n) is 8.69. The fourth-order valence-corrected chi connectivity index (χ4v) is 3.24. The Morgan fingerprint density at radius 1 is 1.00 bits per heavy atom. The van der Waals surface area contributed by atoms with Gasteiger partial charge in [0.05, 0.1) is 5.54 Å². The number of piperazine rings is 1. The Balaban J connectivity index is 2.11. The van der Waals surface area contributed by atoms with Gasteiger partial charge in [0.2, 0.25) is 5.91 Å². The highest BCUT2D eigenvalue weighted by Gasteiger charge is 2.51. The molecule has 0 atom stereocenters. The van der Waals surface area contributed by atoms with E-state index in [4.69, 9.17) is 4.74 Å². The predicted molar refractivity (Wildman–Crippen MR) is 85.6 cm³/mol. The summed E-state index contributed by atoms with van der Waals surface area (Å²) in [6, 6.07) is 0. The van der Waals surface area contributed by atoms with Crippen LogP contribution in [0.25, 0.3) is 0 Å². The van der Waals surface area contributed by atoms with E-state index in [1.54, 1.807) is 0 Å². The standard InChI is InChI=1S/C17H30N2O3/c1-15(2,3)13(20)18-10-11-19(14(21)22-16(4,5)6)17(12-18)8-7-9-17/h7-12H2,1-6H3. The van der Waals surface area contributed by atoms with Crippen LogP contribution in [0, 0.1) is 5.41 Å². The van der Waals surface area contributed by atoms with Crippen molar-refractivity contribution in [3.63, 3.8) is 0 Å². The van der Waals surface area contributed by atoms with Crippen LogP contribution >= 0.6 is 0 Å². The van der Waals surface area contributed by atoms with Gasteiger partial charge in [0.15, 0.2) is 0 Å². The van der Waals surface area contributed by atoms with Crippen molar-refractivity contribution in [2.24, 2.45) is 5.41 Å². The topological polar surface area (TPSA) is 49.9 Å². The molecule has 0 aromatic carbocycles. The van der Waals surface area contributed by atoms with Crippen LogP contribution in [0.3, 0.4) is 0 Å². The highest BCUT2D eigenvalue weighted by molar-refractivity contribution is 5.82. The van der Waals surface area contributed by atoms with Gasteiger partial charge in [0, 0.05) is 25.0 Å². The molecule has 1 spiro atoms. The Hall–Kier alpha value is -1.26. The lowest BCUT2D eigenvalue weighted by molar-refractivity contribution is -0.148. The molecule has 126 valence electrons. The van der Waals surface area contributed by atoms with Crippen molar-refractivity contribution in [2.75, 3.05) is 19.6 Å². The molecule has 2 rings (SSSR count). The summed E-state index contributed by atoms with van der Waals surface area (Å²) in [6.45, 7) is 13.3. The summed E-state index contributed by atoms with van der Waals surface area (Å²) in [7, 11) is 0. The van der Waals surface area contributed by atoms with E-state index in [-0.39, 0.29) is 23.0 Å². The van der Waals surface area contributed by atoms with Gasteiger partial charge < -0.3 is 9.64 Å². The first-order valence-corrected chi connectivity index (χ1v) is 8.25. The Bertz CT molecular complexity index is 456. The van der Waals surface area contributed by atoms with E-state index in [1.807, 2.05) is 51.3 Å². The van der Waals surface area contributed by atoms with Crippen molar-refractivity contribution >= 4 is 12.0 Å². The Morgan fingerprint density at radius 3 is 2.00 bits per heavy atom. The van der Waals surface area contributed by atoms with E-state index in [9.17, 15) is 9.59 Å². The van der Waals surface area contributed by atoms with Gasteiger partial charge in [-0.25, -0.2) is 4.79 Å². The van der Waals surface area contributed by atoms with E-state index in [1.165, 1.54) is 0 Å². The lowest BCUT2D eigenvalue weighted by Crippen LogP contribution is -2.68. The first-order chi connectivity index (χ1) is 9.95. The van der Waals surface area contributed by atoms with Crippen LogP contribution < -0.4 is 0 Å². The van der Waals surface area contributed by atoms with Gasteiger partial charge in [0.25, 0.3) is 0 Å². The first-order valence-electron chi connectivity index (χ1n) is 8.25. The molecule has 5 nitrogen and oxygen atoms in total. The molecule has 5 heteroatoms. The molecular formula is C17H30N2O3. The second-order valence-corrected chi connectivity index (χ2v) is 8.69. The number of hydrogen-bond donors (Lipinski definition) is 0. The van der Waals surface area contributed by atoms with E-state index >= 15 is 0 Å². The SMILES string of the molecule is CC(C)(C)OC(=O)N1CCN(C(=O)C(C)(C)C)CC12CCC2. The van der Waals surface area contributed by atoms with Gasteiger partial charge >= 0.3 is 6.09 Å². The molecule has 0 N–H and O–H groups in total. The van der Waals surface area contributed by atoms with Crippen LogP contribution in [-0.4, -0.2) is 52.6 Å². The lowest BCUT2D eigenvalue weighted by atomic mass is 9.73. The van der Waals surface area contributed by atoms with Gasteiger partial charge in [-0.05, 0) is 40.0 Å². The van der Waals surface area contributed by atoms with Crippen molar-refractivity contribution in [1.29, 1.82) is 0 Å². The minimum Gasteiger partial charge on any atom is -0.444 e. The van der Waals surface area contributed by atoms with Crippen LogP contribution in [0.15, 0.2) is 0 Å². The van der Waals surface area contributed by atoms with Crippen LogP contribution in [0.5, 0.6) is 0 Å². The van der Waals surface area contributed by atoms with Crippen LogP contribution in [0.4, 0.5) is 4.79 Å². The Labute approximate surface area is 134 Å². The van der Waals surface area contributed by atoms with Gasteiger partial charge in [-0.15, -0.1) is 0 Å². The summed E-state index contributed by atoms with van der Waals surface area (Å²) in [6.07, 6.45) is 2.78.